The van der Waals surface area contributed by atoms with Gasteiger partial charge in [-0.25, -0.2) is 4.79 Å². The van der Waals surface area contributed by atoms with E-state index in [1.807, 2.05) is 6.07 Å². The van der Waals surface area contributed by atoms with Gasteiger partial charge in [-0.2, -0.15) is 5.26 Å². The lowest BCUT2D eigenvalue weighted by Crippen LogP contribution is -2.19. The third kappa shape index (κ3) is 4.94. The molecule has 0 atom stereocenters. The van der Waals surface area contributed by atoms with Gasteiger partial charge in [0.1, 0.15) is 24.0 Å². The normalized spacial score (nSPS) is 10.6. The van der Waals surface area contributed by atoms with Crippen molar-refractivity contribution < 1.29 is 19.4 Å². The minimum Gasteiger partial charge on any atom is -0.489 e. The Morgan fingerprint density at radius 2 is 2.00 bits per heavy atom. The van der Waals surface area contributed by atoms with Crippen molar-refractivity contribution in [3.8, 4) is 11.8 Å². The molecule has 25 heavy (non-hydrogen) atoms. The predicted octanol–water partition coefficient (Wildman–Crippen LogP) is 2.62. The minimum absolute atomic E-state index is 0.00573. The standard InChI is InChI=1S/C19H16N2O4/c1-21-18(22)16(11-20)8-13-4-3-7-17(10-13)25-12-14-5-2-6-15(9-14)19(23)24/h2-10H,12H2,1H3,(H,21,22)(H,23,24)/b16-8+. The molecule has 0 saturated carbocycles. The molecular weight excluding hydrogens is 320 g/mol. The molecule has 0 aromatic heterocycles. The molecule has 0 fully saturated rings. The van der Waals surface area contributed by atoms with E-state index in [9.17, 15) is 9.59 Å². The van der Waals surface area contributed by atoms with E-state index in [0.717, 1.165) is 5.56 Å². The molecule has 1 amide bonds. The van der Waals surface area contributed by atoms with Gasteiger partial charge in [-0.1, -0.05) is 24.3 Å². The van der Waals surface area contributed by atoms with Gasteiger partial charge in [0.05, 0.1) is 5.56 Å². The SMILES string of the molecule is CNC(=O)/C(C#N)=C/c1cccc(OCc2cccc(C(=O)O)c2)c1. The summed E-state index contributed by atoms with van der Waals surface area (Å²) in [7, 11) is 1.46. The Kier molecular flexibility index (Phi) is 5.91. The number of ether oxygens (including phenoxy) is 1. The van der Waals surface area contributed by atoms with E-state index in [0.29, 0.717) is 11.3 Å². The summed E-state index contributed by atoms with van der Waals surface area (Å²) in [5, 5.41) is 20.4. The Morgan fingerprint density at radius 3 is 2.68 bits per heavy atom. The van der Waals surface area contributed by atoms with Crippen molar-refractivity contribution in [2.24, 2.45) is 0 Å². The first kappa shape index (κ1) is 17.8. The van der Waals surface area contributed by atoms with E-state index >= 15 is 0 Å². The highest BCUT2D eigenvalue weighted by atomic mass is 16.5. The summed E-state index contributed by atoms with van der Waals surface area (Å²) < 4.78 is 5.66. The van der Waals surface area contributed by atoms with E-state index in [-0.39, 0.29) is 17.7 Å². The molecule has 0 aliphatic rings. The number of carboxylic acids is 1. The van der Waals surface area contributed by atoms with Crippen LogP contribution < -0.4 is 10.1 Å². The summed E-state index contributed by atoms with van der Waals surface area (Å²) in [6.45, 7) is 0.203. The topological polar surface area (TPSA) is 99.4 Å². The molecule has 6 nitrogen and oxygen atoms in total. The number of carboxylic acid groups (broad SMARTS) is 1. The Morgan fingerprint density at radius 1 is 1.24 bits per heavy atom. The zero-order valence-electron chi connectivity index (χ0n) is 13.5. The molecule has 0 radical (unpaired) electrons. The van der Waals surface area contributed by atoms with Crippen molar-refractivity contribution >= 4 is 18.0 Å². The predicted molar refractivity (Wildman–Crippen MR) is 91.8 cm³/mol. The summed E-state index contributed by atoms with van der Waals surface area (Å²) in [6.07, 6.45) is 1.47. The molecule has 2 aromatic rings. The first-order chi connectivity index (χ1) is 12.0. The van der Waals surface area contributed by atoms with Gasteiger partial charge in [0.2, 0.25) is 0 Å². The second-order valence-corrected chi connectivity index (χ2v) is 5.12. The third-order valence-electron chi connectivity index (χ3n) is 3.34. The average Bonchev–Trinajstić information content (AvgIpc) is 2.64. The van der Waals surface area contributed by atoms with Crippen LogP contribution in [0.2, 0.25) is 0 Å². The largest absolute Gasteiger partial charge is 0.489 e. The van der Waals surface area contributed by atoms with Gasteiger partial charge < -0.3 is 15.2 Å². The van der Waals surface area contributed by atoms with Gasteiger partial charge in [0.25, 0.3) is 5.91 Å². The summed E-state index contributed by atoms with van der Waals surface area (Å²) in [6, 6.07) is 15.3. The maximum absolute atomic E-state index is 11.5. The van der Waals surface area contributed by atoms with Gasteiger partial charge in [-0.3, -0.25) is 4.79 Å². The molecule has 0 heterocycles. The van der Waals surface area contributed by atoms with Crippen LogP contribution in [0, 0.1) is 11.3 Å². The third-order valence-corrected chi connectivity index (χ3v) is 3.34. The number of aromatic carboxylic acids is 1. The van der Waals surface area contributed by atoms with E-state index in [2.05, 4.69) is 5.32 Å². The first-order valence-electron chi connectivity index (χ1n) is 7.42. The van der Waals surface area contributed by atoms with E-state index in [1.165, 1.54) is 19.2 Å². The van der Waals surface area contributed by atoms with Crippen molar-refractivity contribution in [1.82, 2.24) is 5.32 Å². The van der Waals surface area contributed by atoms with Crippen LogP contribution in [0.15, 0.2) is 54.1 Å². The molecule has 0 unspecified atom stereocenters. The van der Waals surface area contributed by atoms with Crippen LogP contribution in [-0.2, 0) is 11.4 Å². The highest BCUT2D eigenvalue weighted by Gasteiger charge is 2.07. The first-order valence-corrected chi connectivity index (χ1v) is 7.42. The zero-order chi connectivity index (χ0) is 18.2. The minimum atomic E-state index is -0.993. The molecule has 2 N–H and O–H groups in total. The van der Waals surface area contributed by atoms with Gasteiger partial charge >= 0.3 is 5.97 Å². The van der Waals surface area contributed by atoms with Gasteiger partial charge in [0, 0.05) is 7.05 Å². The highest BCUT2D eigenvalue weighted by Crippen LogP contribution is 2.18. The fraction of sp³-hybridized carbons (Fsp3) is 0.105. The monoisotopic (exact) mass is 336 g/mol. The number of likely N-dealkylation sites (N-methyl/N-ethyl adjacent to an activating group) is 1. The second kappa shape index (κ2) is 8.31. The maximum Gasteiger partial charge on any atom is 0.335 e. The fourth-order valence-electron chi connectivity index (χ4n) is 2.10. The van der Waals surface area contributed by atoms with Gasteiger partial charge in [-0.15, -0.1) is 0 Å². The molecule has 0 saturated heterocycles. The number of amides is 1. The number of nitrogens with one attached hydrogen (secondary N) is 1. The van der Waals surface area contributed by atoms with Crippen molar-refractivity contribution in [3.63, 3.8) is 0 Å². The summed E-state index contributed by atoms with van der Waals surface area (Å²) >= 11 is 0. The number of hydrogen-bond acceptors (Lipinski definition) is 4. The number of nitrogens with zero attached hydrogens (tertiary/aromatic N) is 1. The molecule has 2 rings (SSSR count). The van der Waals surface area contributed by atoms with E-state index in [1.54, 1.807) is 42.5 Å². The Balaban J connectivity index is 2.13. The van der Waals surface area contributed by atoms with Crippen LogP contribution >= 0.6 is 0 Å². The van der Waals surface area contributed by atoms with Crippen LogP contribution in [0.5, 0.6) is 5.75 Å². The Labute approximate surface area is 145 Å². The molecule has 126 valence electrons. The molecule has 0 spiro atoms. The lowest BCUT2D eigenvalue weighted by Gasteiger charge is -2.08. The smallest absolute Gasteiger partial charge is 0.335 e. The lowest BCUT2D eigenvalue weighted by atomic mass is 10.1. The Bertz CT molecular complexity index is 866. The van der Waals surface area contributed by atoms with Gasteiger partial charge in [-0.05, 0) is 41.5 Å². The molecule has 0 aliphatic heterocycles. The van der Waals surface area contributed by atoms with Gasteiger partial charge in [0.15, 0.2) is 0 Å². The van der Waals surface area contributed by atoms with Crippen molar-refractivity contribution in [2.75, 3.05) is 7.05 Å². The average molecular weight is 336 g/mol. The molecule has 0 bridgehead atoms. The van der Waals surface area contributed by atoms with E-state index in [4.69, 9.17) is 15.1 Å². The van der Waals surface area contributed by atoms with Crippen molar-refractivity contribution in [3.05, 3.63) is 70.8 Å². The Hall–Kier alpha value is -3.59. The molecule has 6 heteroatoms. The number of nitriles is 1. The number of benzene rings is 2. The lowest BCUT2D eigenvalue weighted by molar-refractivity contribution is -0.116. The number of hydrogen-bond donors (Lipinski definition) is 2. The van der Waals surface area contributed by atoms with Crippen LogP contribution in [0.1, 0.15) is 21.5 Å². The van der Waals surface area contributed by atoms with Crippen molar-refractivity contribution in [1.29, 1.82) is 5.26 Å². The van der Waals surface area contributed by atoms with Crippen LogP contribution in [0.4, 0.5) is 0 Å². The molecular formula is C19H16N2O4. The summed E-state index contributed by atoms with van der Waals surface area (Å²) in [5.74, 6) is -0.907. The van der Waals surface area contributed by atoms with Crippen LogP contribution in [0.25, 0.3) is 6.08 Å². The molecule has 2 aromatic carbocycles. The second-order valence-electron chi connectivity index (χ2n) is 5.12. The maximum atomic E-state index is 11.5. The van der Waals surface area contributed by atoms with Crippen molar-refractivity contribution in [2.45, 2.75) is 6.61 Å². The van der Waals surface area contributed by atoms with Crippen LogP contribution in [0.3, 0.4) is 0 Å². The van der Waals surface area contributed by atoms with Crippen LogP contribution in [-0.4, -0.2) is 24.0 Å². The zero-order valence-corrected chi connectivity index (χ0v) is 13.5. The quantitative estimate of drug-likeness (QED) is 0.624. The highest BCUT2D eigenvalue weighted by molar-refractivity contribution is 6.01. The molecule has 0 aliphatic carbocycles. The number of carbonyl (C=O) groups is 2. The van der Waals surface area contributed by atoms with E-state index < -0.39 is 11.9 Å². The summed E-state index contributed by atoms with van der Waals surface area (Å²) in [5.41, 5.74) is 1.57. The summed E-state index contributed by atoms with van der Waals surface area (Å²) in [4.78, 5) is 22.5. The number of rotatable bonds is 6. The number of carbonyl (C=O) groups excluding carboxylic acids is 1. The fourth-order valence-corrected chi connectivity index (χ4v) is 2.10.